The van der Waals surface area contributed by atoms with Crippen LogP contribution in [-0.2, 0) is 9.47 Å². The largest absolute Gasteiger partial charge is 0.491 e. The minimum absolute atomic E-state index is 0.0470. The van der Waals surface area contributed by atoms with Crippen molar-refractivity contribution in [3.05, 3.63) is 42.5 Å². The van der Waals surface area contributed by atoms with Gasteiger partial charge in [0.1, 0.15) is 18.5 Å². The van der Waals surface area contributed by atoms with Crippen molar-refractivity contribution in [1.82, 2.24) is 4.57 Å². The summed E-state index contributed by atoms with van der Waals surface area (Å²) in [6.07, 6.45) is 1.80. The lowest BCUT2D eigenvalue weighted by Gasteiger charge is -2.16. The first-order valence-electron chi connectivity index (χ1n) is 11.5. The molecule has 0 aliphatic heterocycles. The molecule has 1 aromatic heterocycles. The fourth-order valence-corrected chi connectivity index (χ4v) is 4.17. The molecule has 2 aromatic carbocycles. The van der Waals surface area contributed by atoms with Crippen LogP contribution in [0.25, 0.3) is 22.2 Å². The smallest absolute Gasteiger partial charge is 0.411 e. The molecule has 1 fully saturated rings. The Morgan fingerprint density at radius 2 is 1.85 bits per heavy atom. The van der Waals surface area contributed by atoms with Crippen molar-refractivity contribution < 1.29 is 19.0 Å². The number of benzene rings is 2. The second kappa shape index (κ2) is 9.75. The minimum Gasteiger partial charge on any atom is -0.491 e. The van der Waals surface area contributed by atoms with Crippen molar-refractivity contribution >= 4 is 28.4 Å². The number of rotatable bonds is 9. The van der Waals surface area contributed by atoms with E-state index in [-0.39, 0.29) is 12.1 Å². The second-order valence-corrected chi connectivity index (χ2v) is 8.90. The molecule has 1 saturated carbocycles. The van der Waals surface area contributed by atoms with Crippen molar-refractivity contribution in [2.45, 2.75) is 45.8 Å². The van der Waals surface area contributed by atoms with E-state index >= 15 is 0 Å². The zero-order valence-electron chi connectivity index (χ0n) is 19.8. The molecule has 0 spiro atoms. The van der Waals surface area contributed by atoms with E-state index in [2.05, 4.69) is 23.7 Å². The second-order valence-electron chi connectivity index (χ2n) is 8.90. The Morgan fingerprint density at radius 1 is 1.12 bits per heavy atom. The molecule has 33 heavy (non-hydrogen) atoms. The number of nitrogens with one attached hydrogen (secondary N) is 1. The first-order chi connectivity index (χ1) is 15.9. The number of fused-ring (bicyclic) bond motifs is 1. The molecule has 1 heterocycles. The van der Waals surface area contributed by atoms with Crippen LogP contribution in [-0.4, -0.2) is 37.1 Å². The molecule has 7 heteroatoms. The maximum atomic E-state index is 12.2. The number of hydrogen-bond acceptors (Lipinski definition) is 5. The number of ether oxygens (including phenoxy) is 3. The maximum Gasteiger partial charge on any atom is 0.411 e. The van der Waals surface area contributed by atoms with Gasteiger partial charge in [0, 0.05) is 35.9 Å². The van der Waals surface area contributed by atoms with Crippen LogP contribution >= 0.6 is 0 Å². The number of nitrogens with two attached hydrogens (primary N) is 1. The van der Waals surface area contributed by atoms with E-state index < -0.39 is 6.09 Å². The Balaban J connectivity index is 1.59. The van der Waals surface area contributed by atoms with E-state index in [4.69, 9.17) is 19.9 Å². The summed E-state index contributed by atoms with van der Waals surface area (Å²) < 4.78 is 18.6. The minimum atomic E-state index is -0.418. The van der Waals surface area contributed by atoms with E-state index in [0.717, 1.165) is 46.4 Å². The quantitative estimate of drug-likeness (QED) is 0.399. The SMILES string of the molecule is COCCOc1ccc2c(N)c(-c3ccc(NC(=O)O[C@H](C)C4CC4)cc3)n(C(C)C)c2c1. The van der Waals surface area contributed by atoms with Gasteiger partial charge in [0.25, 0.3) is 0 Å². The molecule has 1 aliphatic carbocycles. The number of amides is 1. The maximum absolute atomic E-state index is 12.2. The molecule has 0 bridgehead atoms. The molecule has 7 nitrogen and oxygen atoms in total. The molecular formula is C26H33N3O4. The highest BCUT2D eigenvalue weighted by atomic mass is 16.6. The topological polar surface area (TPSA) is 87.7 Å². The van der Waals surface area contributed by atoms with E-state index in [1.54, 1.807) is 7.11 Å². The highest BCUT2D eigenvalue weighted by Gasteiger charge is 2.30. The molecule has 0 unspecified atom stereocenters. The number of hydrogen-bond donors (Lipinski definition) is 2. The van der Waals surface area contributed by atoms with Crippen LogP contribution in [0.5, 0.6) is 5.75 Å². The summed E-state index contributed by atoms with van der Waals surface area (Å²) in [5.74, 6) is 1.29. The lowest BCUT2D eigenvalue weighted by Crippen LogP contribution is -2.21. The number of nitrogen functional groups attached to an aromatic ring is 1. The summed E-state index contributed by atoms with van der Waals surface area (Å²) in [4.78, 5) is 12.2. The zero-order valence-corrected chi connectivity index (χ0v) is 19.8. The van der Waals surface area contributed by atoms with Gasteiger partial charge in [-0.15, -0.1) is 0 Å². The van der Waals surface area contributed by atoms with Gasteiger partial charge in [-0.3, -0.25) is 5.32 Å². The number of aromatic nitrogens is 1. The predicted molar refractivity (Wildman–Crippen MR) is 132 cm³/mol. The third-order valence-electron chi connectivity index (χ3n) is 6.07. The van der Waals surface area contributed by atoms with Crippen LogP contribution in [0.3, 0.4) is 0 Å². The molecule has 0 radical (unpaired) electrons. The molecule has 0 saturated heterocycles. The van der Waals surface area contributed by atoms with Gasteiger partial charge in [0.2, 0.25) is 0 Å². The number of nitrogens with zero attached hydrogens (tertiary/aromatic N) is 1. The monoisotopic (exact) mass is 451 g/mol. The van der Waals surface area contributed by atoms with Gasteiger partial charge in [-0.05, 0) is 63.8 Å². The van der Waals surface area contributed by atoms with Gasteiger partial charge >= 0.3 is 6.09 Å². The van der Waals surface area contributed by atoms with Gasteiger partial charge in [-0.2, -0.15) is 0 Å². The average molecular weight is 452 g/mol. The lowest BCUT2D eigenvalue weighted by atomic mass is 10.1. The summed E-state index contributed by atoms with van der Waals surface area (Å²) in [7, 11) is 1.65. The number of anilines is 2. The Hall–Kier alpha value is -3.19. The van der Waals surface area contributed by atoms with Crippen molar-refractivity contribution in [1.29, 1.82) is 0 Å². The Bertz CT molecular complexity index is 1120. The first-order valence-corrected chi connectivity index (χ1v) is 11.5. The molecule has 4 rings (SSSR count). The van der Waals surface area contributed by atoms with Gasteiger partial charge in [-0.1, -0.05) is 12.1 Å². The fraction of sp³-hybridized carbons (Fsp3) is 0.423. The zero-order chi connectivity index (χ0) is 23.5. The Morgan fingerprint density at radius 3 is 2.48 bits per heavy atom. The Kier molecular flexibility index (Phi) is 6.79. The van der Waals surface area contributed by atoms with Crippen LogP contribution in [0, 0.1) is 5.92 Å². The number of carbonyl (C=O) groups excluding carboxylic acids is 1. The van der Waals surface area contributed by atoms with Crippen molar-refractivity contribution in [2.75, 3.05) is 31.4 Å². The fourth-order valence-electron chi connectivity index (χ4n) is 4.17. The number of methoxy groups -OCH3 is 1. The Labute approximate surface area is 194 Å². The molecule has 3 N–H and O–H groups in total. The van der Waals surface area contributed by atoms with Gasteiger partial charge in [0.05, 0.1) is 23.5 Å². The van der Waals surface area contributed by atoms with E-state index in [1.165, 1.54) is 0 Å². The normalized spacial score (nSPS) is 14.5. The van der Waals surface area contributed by atoms with Crippen molar-refractivity contribution in [3.8, 4) is 17.0 Å². The van der Waals surface area contributed by atoms with Crippen LogP contribution in [0.2, 0.25) is 0 Å². The van der Waals surface area contributed by atoms with E-state index in [0.29, 0.717) is 24.8 Å². The third kappa shape index (κ3) is 5.09. The molecule has 1 atom stereocenters. The van der Waals surface area contributed by atoms with Gasteiger partial charge in [-0.25, -0.2) is 4.79 Å². The van der Waals surface area contributed by atoms with Crippen LogP contribution in [0.4, 0.5) is 16.2 Å². The number of carbonyl (C=O) groups is 1. The first kappa shape index (κ1) is 23.0. The van der Waals surface area contributed by atoms with E-state index in [1.807, 2.05) is 49.4 Å². The lowest BCUT2D eigenvalue weighted by molar-refractivity contribution is 0.108. The summed E-state index contributed by atoms with van der Waals surface area (Å²) >= 11 is 0. The van der Waals surface area contributed by atoms with Crippen LogP contribution < -0.4 is 15.8 Å². The molecular weight excluding hydrogens is 418 g/mol. The summed E-state index contributed by atoms with van der Waals surface area (Å²) in [5.41, 5.74) is 11.0. The highest BCUT2D eigenvalue weighted by molar-refractivity contribution is 6.01. The summed E-state index contributed by atoms with van der Waals surface area (Å²) in [6, 6.07) is 13.8. The van der Waals surface area contributed by atoms with Gasteiger partial charge < -0.3 is 24.5 Å². The van der Waals surface area contributed by atoms with Crippen molar-refractivity contribution in [3.63, 3.8) is 0 Å². The molecule has 3 aromatic rings. The van der Waals surface area contributed by atoms with Crippen LogP contribution in [0.15, 0.2) is 42.5 Å². The third-order valence-corrected chi connectivity index (χ3v) is 6.07. The standard InChI is InChI=1S/C26H33N3O4/c1-16(2)29-23-15-21(32-14-13-31-4)11-12-22(23)24(27)25(29)19-7-9-20(10-8-19)28-26(30)33-17(3)18-5-6-18/h7-12,15-18H,5-6,13-14,27H2,1-4H3,(H,28,30)/t17-/m1/s1. The van der Waals surface area contributed by atoms with Crippen molar-refractivity contribution in [2.24, 2.45) is 5.92 Å². The summed E-state index contributed by atoms with van der Waals surface area (Å²) in [6.45, 7) is 7.23. The molecule has 1 aliphatic rings. The van der Waals surface area contributed by atoms with E-state index in [9.17, 15) is 4.79 Å². The van der Waals surface area contributed by atoms with Gasteiger partial charge in [0.15, 0.2) is 0 Å². The highest BCUT2D eigenvalue weighted by Crippen LogP contribution is 2.40. The molecule has 1 amide bonds. The van der Waals surface area contributed by atoms with Crippen LogP contribution in [0.1, 0.15) is 39.7 Å². The summed E-state index contributed by atoms with van der Waals surface area (Å²) in [5, 5.41) is 3.80. The molecule has 176 valence electrons. The average Bonchev–Trinajstić information content (AvgIpc) is 3.59. The predicted octanol–water partition coefficient (Wildman–Crippen LogP) is 5.84.